The molecule has 0 atom stereocenters. The van der Waals surface area contributed by atoms with E-state index in [1.54, 1.807) is 24.3 Å². The Balaban J connectivity index is 1.43. The van der Waals surface area contributed by atoms with E-state index in [-0.39, 0.29) is 34.9 Å². The van der Waals surface area contributed by atoms with Gasteiger partial charge in [-0.05, 0) is 79.2 Å². The van der Waals surface area contributed by atoms with Crippen molar-refractivity contribution >= 4 is 57.5 Å². The molecule has 0 aliphatic carbocycles. The predicted molar refractivity (Wildman–Crippen MR) is 140 cm³/mol. The molecule has 2 saturated heterocycles. The molecule has 0 saturated carbocycles. The van der Waals surface area contributed by atoms with Crippen LogP contribution in [0.4, 0.5) is 18.0 Å². The van der Waals surface area contributed by atoms with Crippen LogP contribution in [0.15, 0.2) is 47.5 Å². The van der Waals surface area contributed by atoms with Gasteiger partial charge in [-0.15, -0.1) is 0 Å². The minimum atomic E-state index is -4.57. The average Bonchev–Trinajstić information content (AvgIpc) is 3.43. The first-order valence-electron chi connectivity index (χ1n) is 11.9. The molecule has 5 rings (SSSR count). The van der Waals surface area contributed by atoms with Crippen LogP contribution in [-0.4, -0.2) is 57.5 Å². The topological polar surface area (TPSA) is 93.5 Å². The van der Waals surface area contributed by atoms with E-state index in [1.807, 2.05) is 0 Å². The van der Waals surface area contributed by atoms with Crippen molar-refractivity contribution in [2.75, 3.05) is 20.2 Å². The highest BCUT2D eigenvalue weighted by Gasteiger charge is 2.55. The van der Waals surface area contributed by atoms with Crippen molar-refractivity contribution in [2.45, 2.75) is 31.1 Å². The van der Waals surface area contributed by atoms with Crippen molar-refractivity contribution in [3.05, 3.63) is 69.2 Å². The summed E-state index contributed by atoms with van der Waals surface area (Å²) in [5.74, 6) is -1.20. The first kappa shape index (κ1) is 27.2. The predicted octanol–water partition coefficient (Wildman–Crippen LogP) is 5.09. The summed E-state index contributed by atoms with van der Waals surface area (Å²) in [6, 6.07) is 8.71. The van der Waals surface area contributed by atoms with Crippen LogP contribution in [0.5, 0.6) is 0 Å². The van der Waals surface area contributed by atoms with Crippen molar-refractivity contribution in [3.8, 4) is 0 Å². The van der Waals surface area contributed by atoms with E-state index in [0.29, 0.717) is 29.6 Å². The molecule has 1 aromatic heterocycles. The average molecular weight is 579 g/mol. The van der Waals surface area contributed by atoms with Gasteiger partial charge < -0.3 is 10.1 Å². The molecule has 2 aromatic carbocycles. The van der Waals surface area contributed by atoms with Crippen LogP contribution in [0, 0.1) is 0 Å². The number of methoxy groups -OCH3 is 1. The van der Waals surface area contributed by atoms with Gasteiger partial charge in [0.1, 0.15) is 0 Å². The fourth-order valence-electron chi connectivity index (χ4n) is 4.97. The number of ether oxygens (including phenoxy) is 1. The minimum absolute atomic E-state index is 0.0110. The van der Waals surface area contributed by atoms with Crippen molar-refractivity contribution in [1.82, 2.24) is 20.0 Å². The van der Waals surface area contributed by atoms with Gasteiger partial charge in [0.15, 0.2) is 5.54 Å². The highest BCUT2D eigenvalue weighted by atomic mass is 35.5. The van der Waals surface area contributed by atoms with Gasteiger partial charge in [-0.2, -0.15) is 18.3 Å². The van der Waals surface area contributed by atoms with Crippen LogP contribution < -0.4 is 5.32 Å². The number of nitrogens with zero attached hydrogens (tertiary/aromatic N) is 3. The van der Waals surface area contributed by atoms with Gasteiger partial charge in [0.05, 0.1) is 35.8 Å². The Morgan fingerprint density at radius 1 is 1.21 bits per heavy atom. The summed E-state index contributed by atoms with van der Waals surface area (Å²) < 4.78 is 47.0. The SMILES string of the molecule is COC(=O)C1(N2C(=O)SC(=Cc3ccc4c(cnn4Cc4ccc(Cl)cc4C(F)(F)F)c3)C2=O)CCNCC1. The number of rotatable bonds is 5. The molecule has 2 amide bonds. The van der Waals surface area contributed by atoms with Crippen molar-refractivity contribution in [1.29, 1.82) is 0 Å². The van der Waals surface area contributed by atoms with Gasteiger partial charge >= 0.3 is 12.1 Å². The van der Waals surface area contributed by atoms with Gasteiger partial charge in [-0.25, -0.2) is 4.79 Å². The van der Waals surface area contributed by atoms with Crippen LogP contribution in [0.2, 0.25) is 5.02 Å². The molecule has 2 aliphatic rings. The Morgan fingerprint density at radius 2 is 1.95 bits per heavy atom. The molecule has 0 spiro atoms. The number of imide groups is 1. The number of amides is 2. The summed E-state index contributed by atoms with van der Waals surface area (Å²) in [5, 5.41) is 7.45. The minimum Gasteiger partial charge on any atom is -0.467 e. The number of halogens is 4. The number of benzene rings is 2. The summed E-state index contributed by atoms with van der Waals surface area (Å²) in [7, 11) is 1.23. The molecule has 204 valence electrons. The second-order valence-corrected chi connectivity index (χ2v) is 10.6. The monoisotopic (exact) mass is 578 g/mol. The molecule has 39 heavy (non-hydrogen) atoms. The molecular formula is C26H22ClF3N4O4S. The summed E-state index contributed by atoms with van der Waals surface area (Å²) in [6.45, 7) is 0.784. The normalized spacial score (nSPS) is 18.8. The number of alkyl halides is 3. The number of piperidine rings is 1. The number of carbonyl (C=O) groups is 3. The zero-order valence-electron chi connectivity index (χ0n) is 20.5. The lowest BCUT2D eigenvalue weighted by Gasteiger charge is -2.40. The van der Waals surface area contributed by atoms with E-state index in [1.165, 1.54) is 30.1 Å². The number of fused-ring (bicyclic) bond motifs is 1. The fraction of sp³-hybridized carbons (Fsp3) is 0.308. The fourth-order valence-corrected chi connectivity index (χ4v) is 6.05. The number of hydrogen-bond donors (Lipinski definition) is 1. The van der Waals surface area contributed by atoms with E-state index in [2.05, 4.69) is 10.4 Å². The lowest BCUT2D eigenvalue weighted by Crippen LogP contribution is -2.61. The molecule has 13 heteroatoms. The van der Waals surface area contributed by atoms with E-state index in [9.17, 15) is 27.6 Å². The molecule has 0 radical (unpaired) electrons. The summed E-state index contributed by atoms with van der Waals surface area (Å²) in [6.07, 6.45) is -1.00. The first-order valence-corrected chi connectivity index (χ1v) is 13.1. The van der Waals surface area contributed by atoms with Crippen molar-refractivity contribution < 1.29 is 32.3 Å². The molecule has 8 nitrogen and oxygen atoms in total. The first-order chi connectivity index (χ1) is 18.5. The zero-order valence-corrected chi connectivity index (χ0v) is 22.1. The van der Waals surface area contributed by atoms with Crippen molar-refractivity contribution in [2.24, 2.45) is 0 Å². The summed E-state index contributed by atoms with van der Waals surface area (Å²) in [5.41, 5.74) is -0.995. The van der Waals surface area contributed by atoms with Gasteiger partial charge in [0.2, 0.25) is 0 Å². The van der Waals surface area contributed by atoms with Gasteiger partial charge in [0.25, 0.3) is 11.1 Å². The van der Waals surface area contributed by atoms with Crippen molar-refractivity contribution in [3.63, 3.8) is 0 Å². The van der Waals surface area contributed by atoms with Crippen LogP contribution in [0.1, 0.15) is 29.5 Å². The van der Waals surface area contributed by atoms with Gasteiger partial charge in [-0.3, -0.25) is 19.2 Å². The third kappa shape index (κ3) is 5.04. The molecule has 0 unspecified atom stereocenters. The number of carbonyl (C=O) groups excluding carboxylic acids is 3. The molecular weight excluding hydrogens is 557 g/mol. The molecule has 2 fully saturated rings. The summed E-state index contributed by atoms with van der Waals surface area (Å²) in [4.78, 5) is 40.1. The van der Waals surface area contributed by atoms with Crippen LogP contribution in [0.3, 0.4) is 0 Å². The number of esters is 1. The second kappa shape index (κ2) is 10.3. The van der Waals surface area contributed by atoms with Gasteiger partial charge in [-0.1, -0.05) is 23.7 Å². The summed E-state index contributed by atoms with van der Waals surface area (Å²) >= 11 is 6.53. The van der Waals surface area contributed by atoms with E-state index >= 15 is 0 Å². The Morgan fingerprint density at radius 3 is 2.64 bits per heavy atom. The lowest BCUT2D eigenvalue weighted by atomic mass is 9.86. The number of nitrogens with one attached hydrogen (secondary N) is 1. The molecule has 3 aromatic rings. The number of hydrogen-bond acceptors (Lipinski definition) is 7. The van der Waals surface area contributed by atoms with E-state index < -0.39 is 34.4 Å². The Bertz CT molecular complexity index is 1510. The Kier molecular flexibility index (Phi) is 7.21. The lowest BCUT2D eigenvalue weighted by molar-refractivity contribution is -0.158. The zero-order chi connectivity index (χ0) is 27.9. The Hall–Kier alpha value is -3.35. The van der Waals surface area contributed by atoms with E-state index in [0.717, 1.165) is 22.7 Å². The largest absolute Gasteiger partial charge is 0.467 e. The Labute approximate surface area is 230 Å². The quantitative estimate of drug-likeness (QED) is 0.333. The molecule has 3 heterocycles. The van der Waals surface area contributed by atoms with Gasteiger partial charge in [0, 0.05) is 10.4 Å². The second-order valence-electron chi connectivity index (χ2n) is 9.21. The maximum Gasteiger partial charge on any atom is 0.416 e. The maximum absolute atomic E-state index is 13.5. The molecule has 1 N–H and O–H groups in total. The van der Waals surface area contributed by atoms with Crippen LogP contribution in [0.25, 0.3) is 17.0 Å². The third-order valence-corrected chi connectivity index (χ3v) is 7.98. The van der Waals surface area contributed by atoms with Crippen LogP contribution in [-0.2, 0) is 27.0 Å². The number of aromatic nitrogens is 2. The number of thioether (sulfide) groups is 1. The molecule has 2 aliphatic heterocycles. The highest BCUT2D eigenvalue weighted by Crippen LogP contribution is 2.41. The standard InChI is InChI=1S/C26H22ClF3N4O4S/c1-38-23(36)25(6-8-31-9-7-25)34-22(35)21(39-24(34)37)11-15-2-5-20-17(10-15)13-32-33(20)14-16-3-4-18(27)12-19(16)26(28,29)30/h2-5,10-13,31H,6-9,14H2,1H3. The maximum atomic E-state index is 13.5. The van der Waals surface area contributed by atoms with Crippen LogP contribution >= 0.6 is 23.4 Å². The van der Waals surface area contributed by atoms with E-state index in [4.69, 9.17) is 16.3 Å². The highest BCUT2D eigenvalue weighted by molar-refractivity contribution is 8.18. The molecule has 0 bridgehead atoms. The smallest absolute Gasteiger partial charge is 0.416 e. The third-order valence-electron chi connectivity index (χ3n) is 6.88.